The number of rotatable bonds is 8. The van der Waals surface area contributed by atoms with Crippen molar-refractivity contribution in [2.45, 2.75) is 45.7 Å². The molecule has 44 heavy (non-hydrogen) atoms. The standard InChI is InChI=1S/C34H30F2N6OS/c1-18(2)13-26-28(32(37)43)29(30-34(41-26)42(17-39-30)16-19-3-7-22(35)8-4-19)27-14-21-11-12-38-33(31(21)44-27)40-25-10-6-20-5-9-23(36)15-24(20)25/h3-5,7-9,11-12,14-15,17-18,25H,6,10,13,16H2,1-2H3,(H2,37,43)(H,38,40). The number of imidazole rings is 1. The molecule has 4 heterocycles. The summed E-state index contributed by atoms with van der Waals surface area (Å²) in [5.74, 6) is -0.181. The molecule has 7 nitrogen and oxygen atoms in total. The molecule has 3 N–H and O–H groups in total. The fourth-order valence-electron chi connectivity index (χ4n) is 6.14. The van der Waals surface area contributed by atoms with Crippen molar-refractivity contribution in [2.75, 3.05) is 5.32 Å². The van der Waals surface area contributed by atoms with E-state index in [4.69, 9.17) is 15.7 Å². The number of benzene rings is 2. The molecule has 1 aliphatic rings. The van der Waals surface area contributed by atoms with Crippen LogP contribution in [0.5, 0.6) is 0 Å². The van der Waals surface area contributed by atoms with Crippen LogP contribution in [0.25, 0.3) is 31.7 Å². The Hall–Kier alpha value is -4.70. The third kappa shape index (κ3) is 5.09. The number of thiophene rings is 1. The molecule has 222 valence electrons. The van der Waals surface area contributed by atoms with E-state index in [9.17, 15) is 13.6 Å². The maximum absolute atomic E-state index is 14.1. The molecule has 1 atom stereocenters. The zero-order valence-corrected chi connectivity index (χ0v) is 25.1. The fraction of sp³-hybridized carbons (Fsp3) is 0.235. The van der Waals surface area contributed by atoms with Gasteiger partial charge in [-0.1, -0.05) is 32.0 Å². The van der Waals surface area contributed by atoms with Crippen molar-refractivity contribution in [3.63, 3.8) is 0 Å². The van der Waals surface area contributed by atoms with Gasteiger partial charge < -0.3 is 15.6 Å². The van der Waals surface area contributed by atoms with Crippen LogP contribution < -0.4 is 11.1 Å². The highest BCUT2D eigenvalue weighted by Gasteiger charge is 2.27. The maximum Gasteiger partial charge on any atom is 0.251 e. The first-order chi connectivity index (χ1) is 21.2. The zero-order chi connectivity index (χ0) is 30.5. The average Bonchev–Trinajstić information content (AvgIpc) is 3.71. The van der Waals surface area contributed by atoms with Crippen LogP contribution in [0.2, 0.25) is 0 Å². The van der Waals surface area contributed by atoms with Crippen molar-refractivity contribution < 1.29 is 13.6 Å². The van der Waals surface area contributed by atoms with Crippen molar-refractivity contribution in [3.05, 3.63) is 107 Å². The van der Waals surface area contributed by atoms with Gasteiger partial charge in [0.2, 0.25) is 0 Å². The minimum absolute atomic E-state index is 0.0574. The Morgan fingerprint density at radius 3 is 2.66 bits per heavy atom. The summed E-state index contributed by atoms with van der Waals surface area (Å²) in [5.41, 5.74) is 11.9. The number of primary amides is 1. The number of halogens is 2. The number of anilines is 1. The Kier molecular flexibility index (Phi) is 7.08. The van der Waals surface area contributed by atoms with Crippen molar-refractivity contribution in [3.8, 4) is 10.4 Å². The van der Waals surface area contributed by atoms with Crippen LogP contribution in [0.4, 0.5) is 14.6 Å². The largest absolute Gasteiger partial charge is 0.366 e. The van der Waals surface area contributed by atoms with Gasteiger partial charge in [-0.25, -0.2) is 23.7 Å². The minimum atomic E-state index is -0.559. The second-order valence-electron chi connectivity index (χ2n) is 11.7. The predicted molar refractivity (Wildman–Crippen MR) is 170 cm³/mol. The molecule has 0 saturated carbocycles. The zero-order valence-electron chi connectivity index (χ0n) is 24.3. The van der Waals surface area contributed by atoms with Crippen molar-refractivity contribution >= 4 is 44.3 Å². The van der Waals surface area contributed by atoms with Crippen LogP contribution in [-0.2, 0) is 19.4 Å². The van der Waals surface area contributed by atoms with Gasteiger partial charge in [-0.2, -0.15) is 0 Å². The quantitative estimate of drug-likeness (QED) is 0.187. The van der Waals surface area contributed by atoms with Gasteiger partial charge in [0.1, 0.15) is 23.0 Å². The van der Waals surface area contributed by atoms with Crippen molar-refractivity contribution in [1.29, 1.82) is 0 Å². The molecule has 0 saturated heterocycles. The minimum Gasteiger partial charge on any atom is -0.366 e. The van der Waals surface area contributed by atoms with E-state index in [0.717, 1.165) is 44.5 Å². The van der Waals surface area contributed by atoms with E-state index >= 15 is 0 Å². The third-order valence-corrected chi connectivity index (χ3v) is 9.29. The summed E-state index contributed by atoms with van der Waals surface area (Å²) in [6.07, 6.45) is 5.72. The first-order valence-corrected chi connectivity index (χ1v) is 15.4. The van der Waals surface area contributed by atoms with Crippen LogP contribution >= 0.6 is 11.3 Å². The number of carbonyl (C=O) groups is 1. The fourth-order valence-corrected chi connectivity index (χ4v) is 7.30. The predicted octanol–water partition coefficient (Wildman–Crippen LogP) is 7.43. The number of carbonyl (C=O) groups excluding carboxylic acids is 1. The Bertz CT molecular complexity index is 2050. The summed E-state index contributed by atoms with van der Waals surface area (Å²) in [6, 6.07) is 15.2. The van der Waals surface area contributed by atoms with Gasteiger partial charge in [-0.3, -0.25) is 4.79 Å². The van der Waals surface area contributed by atoms with Crippen LogP contribution in [0.15, 0.2) is 67.1 Å². The number of aromatic nitrogens is 4. The summed E-state index contributed by atoms with van der Waals surface area (Å²) in [7, 11) is 0. The molecule has 10 heteroatoms. The number of hydrogen-bond donors (Lipinski definition) is 2. The molecule has 0 fully saturated rings. The molecule has 1 amide bonds. The summed E-state index contributed by atoms with van der Waals surface area (Å²) < 4.78 is 30.5. The summed E-state index contributed by atoms with van der Waals surface area (Å²) >= 11 is 1.51. The molecule has 6 aromatic rings. The Morgan fingerprint density at radius 1 is 1.09 bits per heavy atom. The highest BCUT2D eigenvalue weighted by atomic mass is 32.1. The smallest absolute Gasteiger partial charge is 0.251 e. The summed E-state index contributed by atoms with van der Waals surface area (Å²) in [4.78, 5) is 28.3. The number of nitrogens with zero attached hydrogens (tertiary/aromatic N) is 4. The third-order valence-electron chi connectivity index (χ3n) is 8.12. The summed E-state index contributed by atoms with van der Waals surface area (Å²) in [6.45, 7) is 4.58. The number of fused-ring (bicyclic) bond motifs is 3. The van der Waals surface area contributed by atoms with E-state index in [1.54, 1.807) is 30.7 Å². The van der Waals surface area contributed by atoms with E-state index in [1.807, 2.05) is 22.8 Å². The summed E-state index contributed by atoms with van der Waals surface area (Å²) in [5, 5.41) is 4.52. The molecule has 0 spiro atoms. The van der Waals surface area contributed by atoms with Gasteiger partial charge in [-0.15, -0.1) is 11.3 Å². The SMILES string of the molecule is CC(C)Cc1nc2c(ncn2Cc2ccc(F)cc2)c(-c2cc3ccnc(NC4CCc5ccc(F)cc54)c3s2)c1C(N)=O. The Morgan fingerprint density at radius 2 is 1.89 bits per heavy atom. The molecule has 0 radical (unpaired) electrons. The lowest BCUT2D eigenvalue weighted by Gasteiger charge is -2.15. The highest BCUT2D eigenvalue weighted by molar-refractivity contribution is 7.23. The topological polar surface area (TPSA) is 98.7 Å². The van der Waals surface area contributed by atoms with E-state index in [-0.39, 0.29) is 23.6 Å². The number of hydrogen-bond acceptors (Lipinski definition) is 6. The second-order valence-corrected chi connectivity index (χ2v) is 12.8. The lowest BCUT2D eigenvalue weighted by atomic mass is 9.97. The molecule has 4 aromatic heterocycles. The first kappa shape index (κ1) is 28.1. The lowest BCUT2D eigenvalue weighted by Crippen LogP contribution is -2.18. The van der Waals surface area contributed by atoms with E-state index in [0.29, 0.717) is 46.8 Å². The van der Waals surface area contributed by atoms with Crippen molar-refractivity contribution in [1.82, 2.24) is 19.5 Å². The monoisotopic (exact) mass is 608 g/mol. The van der Waals surface area contributed by atoms with Gasteiger partial charge >= 0.3 is 0 Å². The molecule has 1 aliphatic carbocycles. The Balaban J connectivity index is 1.37. The van der Waals surface area contributed by atoms with E-state index in [1.165, 1.54) is 29.5 Å². The number of nitrogens with two attached hydrogens (primary N) is 1. The highest BCUT2D eigenvalue weighted by Crippen LogP contribution is 2.43. The van der Waals surface area contributed by atoms with Gasteiger partial charge in [0.05, 0.1) is 34.9 Å². The molecule has 1 unspecified atom stereocenters. The molecule has 0 aliphatic heterocycles. The number of pyridine rings is 2. The van der Waals surface area contributed by atoms with Crippen LogP contribution in [-0.4, -0.2) is 25.4 Å². The van der Waals surface area contributed by atoms with Gasteiger partial charge in [0, 0.05) is 16.6 Å². The van der Waals surface area contributed by atoms with E-state index in [2.05, 4.69) is 24.1 Å². The lowest BCUT2D eigenvalue weighted by molar-refractivity contribution is 0.0999. The number of aryl methyl sites for hydroxylation is 1. The number of amides is 1. The molecular weight excluding hydrogens is 578 g/mol. The molecule has 7 rings (SSSR count). The Labute approximate surface area is 256 Å². The van der Waals surface area contributed by atoms with Crippen molar-refractivity contribution in [2.24, 2.45) is 11.7 Å². The number of nitrogens with one attached hydrogen (secondary N) is 1. The van der Waals surface area contributed by atoms with Crippen LogP contribution in [0.1, 0.15) is 59.1 Å². The van der Waals surface area contributed by atoms with Gasteiger partial charge in [0.15, 0.2) is 5.65 Å². The molecular formula is C34H30F2N6OS. The van der Waals surface area contributed by atoms with E-state index < -0.39 is 5.91 Å². The van der Waals surface area contributed by atoms with Crippen LogP contribution in [0, 0.1) is 17.6 Å². The van der Waals surface area contributed by atoms with Gasteiger partial charge in [-0.05, 0) is 83.7 Å². The molecule has 2 aromatic carbocycles. The first-order valence-electron chi connectivity index (χ1n) is 14.6. The van der Waals surface area contributed by atoms with Gasteiger partial charge in [0.25, 0.3) is 5.91 Å². The average molecular weight is 609 g/mol. The normalized spacial score (nSPS) is 14.5. The van der Waals surface area contributed by atoms with Crippen LogP contribution in [0.3, 0.4) is 0 Å². The maximum atomic E-state index is 14.1. The second kappa shape index (κ2) is 11.1. The molecule has 0 bridgehead atoms.